The quantitative estimate of drug-likeness (QED) is 0.543. The van der Waals surface area contributed by atoms with Crippen molar-refractivity contribution in [1.29, 1.82) is 5.41 Å². The molecule has 1 aliphatic carbocycles. The molecular weight excluding hydrogens is 252 g/mol. The highest BCUT2D eigenvalue weighted by Gasteiger charge is 2.22. The molecule has 5 heteroatoms. The highest BCUT2D eigenvalue weighted by atomic mass is 16.3. The molecule has 20 heavy (non-hydrogen) atoms. The average Bonchev–Trinajstić information content (AvgIpc) is 2.48. The van der Waals surface area contributed by atoms with Gasteiger partial charge in [0.2, 0.25) is 0 Å². The fourth-order valence-corrected chi connectivity index (χ4v) is 2.99. The number of aliphatic hydroxyl groups is 1. The Labute approximate surface area is 120 Å². The highest BCUT2D eigenvalue weighted by molar-refractivity contribution is 5.94. The van der Waals surface area contributed by atoms with Gasteiger partial charge < -0.3 is 10.8 Å². The Bertz CT molecular complexity index is 443. The lowest BCUT2D eigenvalue weighted by Crippen LogP contribution is -2.38. The maximum Gasteiger partial charge on any atom is 0.142 e. The Hall–Kier alpha value is -1.46. The van der Waals surface area contributed by atoms with E-state index in [1.807, 2.05) is 12.1 Å². The van der Waals surface area contributed by atoms with Crippen LogP contribution in [-0.2, 0) is 6.54 Å². The maximum absolute atomic E-state index is 9.30. The van der Waals surface area contributed by atoms with E-state index in [0.717, 1.165) is 5.56 Å². The highest BCUT2D eigenvalue weighted by Crippen LogP contribution is 2.24. The van der Waals surface area contributed by atoms with Gasteiger partial charge in [-0.2, -0.15) is 0 Å². The zero-order valence-corrected chi connectivity index (χ0v) is 11.9. The van der Waals surface area contributed by atoms with Crippen molar-refractivity contribution < 1.29 is 5.11 Å². The summed E-state index contributed by atoms with van der Waals surface area (Å²) >= 11 is 0. The molecule has 0 radical (unpaired) electrons. The summed E-state index contributed by atoms with van der Waals surface area (Å²) in [5.41, 5.74) is 7.13. The van der Waals surface area contributed by atoms with Gasteiger partial charge in [0, 0.05) is 25.3 Å². The van der Waals surface area contributed by atoms with E-state index in [4.69, 9.17) is 11.1 Å². The van der Waals surface area contributed by atoms with E-state index in [-0.39, 0.29) is 12.4 Å². The summed E-state index contributed by atoms with van der Waals surface area (Å²) in [5, 5.41) is 16.9. The predicted octanol–water partition coefficient (Wildman–Crippen LogP) is 1.49. The summed E-state index contributed by atoms with van der Waals surface area (Å²) in [6.07, 6.45) is 7.88. The summed E-state index contributed by atoms with van der Waals surface area (Å²) in [6, 6.07) is 4.37. The van der Waals surface area contributed by atoms with Crippen LogP contribution >= 0.6 is 0 Å². The fourth-order valence-electron chi connectivity index (χ4n) is 2.99. The van der Waals surface area contributed by atoms with Crippen molar-refractivity contribution in [3.05, 3.63) is 29.6 Å². The van der Waals surface area contributed by atoms with Crippen LogP contribution in [0.4, 0.5) is 0 Å². The van der Waals surface area contributed by atoms with E-state index in [2.05, 4.69) is 9.88 Å². The first-order chi connectivity index (χ1) is 9.72. The Morgan fingerprint density at radius 3 is 2.80 bits per heavy atom. The van der Waals surface area contributed by atoms with Gasteiger partial charge in [-0.05, 0) is 24.5 Å². The van der Waals surface area contributed by atoms with E-state index < -0.39 is 0 Å². The number of rotatable bonds is 6. The third-order valence-corrected chi connectivity index (χ3v) is 4.00. The fraction of sp³-hybridized carbons (Fsp3) is 0.600. The van der Waals surface area contributed by atoms with Crippen LogP contribution in [0.15, 0.2) is 18.3 Å². The van der Waals surface area contributed by atoms with Crippen LogP contribution in [0.1, 0.15) is 43.4 Å². The van der Waals surface area contributed by atoms with Crippen LogP contribution in [0.2, 0.25) is 0 Å². The van der Waals surface area contributed by atoms with Crippen LogP contribution in [-0.4, -0.2) is 40.0 Å². The van der Waals surface area contributed by atoms with Crippen molar-refractivity contribution in [3.63, 3.8) is 0 Å². The number of amidine groups is 1. The van der Waals surface area contributed by atoms with Gasteiger partial charge in [-0.3, -0.25) is 15.3 Å². The van der Waals surface area contributed by atoms with Gasteiger partial charge >= 0.3 is 0 Å². The molecule has 5 nitrogen and oxygen atoms in total. The van der Waals surface area contributed by atoms with Gasteiger partial charge in [-0.15, -0.1) is 0 Å². The van der Waals surface area contributed by atoms with Gasteiger partial charge in [0.05, 0.1) is 6.61 Å². The molecule has 1 saturated carbocycles. The van der Waals surface area contributed by atoms with Crippen LogP contribution in [0, 0.1) is 5.41 Å². The zero-order chi connectivity index (χ0) is 14.4. The number of hydrogen-bond acceptors (Lipinski definition) is 4. The topological polar surface area (TPSA) is 86.2 Å². The number of aromatic nitrogens is 1. The third-order valence-electron chi connectivity index (χ3n) is 4.00. The van der Waals surface area contributed by atoms with Crippen molar-refractivity contribution in [2.45, 2.75) is 44.7 Å². The molecule has 2 rings (SSSR count). The van der Waals surface area contributed by atoms with E-state index in [9.17, 15) is 5.11 Å². The first-order valence-electron chi connectivity index (χ1n) is 7.35. The minimum absolute atomic E-state index is 0.00759. The molecule has 0 amide bonds. The number of nitrogens with one attached hydrogen (secondary N) is 1. The van der Waals surface area contributed by atoms with E-state index in [1.165, 1.54) is 32.1 Å². The number of hydrogen-bond donors (Lipinski definition) is 3. The van der Waals surface area contributed by atoms with E-state index in [0.29, 0.717) is 24.8 Å². The molecule has 0 aromatic carbocycles. The third kappa shape index (κ3) is 3.77. The van der Waals surface area contributed by atoms with E-state index >= 15 is 0 Å². The van der Waals surface area contributed by atoms with Gasteiger partial charge in [0.25, 0.3) is 0 Å². The molecule has 1 aromatic heterocycles. The lowest BCUT2D eigenvalue weighted by molar-refractivity contribution is 0.117. The van der Waals surface area contributed by atoms with Crippen LogP contribution in [0.25, 0.3) is 0 Å². The van der Waals surface area contributed by atoms with Crippen molar-refractivity contribution in [2.24, 2.45) is 5.73 Å². The van der Waals surface area contributed by atoms with Crippen molar-refractivity contribution in [3.8, 4) is 0 Å². The first-order valence-corrected chi connectivity index (χ1v) is 7.35. The molecule has 0 aliphatic heterocycles. The molecule has 1 fully saturated rings. The van der Waals surface area contributed by atoms with Gasteiger partial charge in [-0.25, -0.2) is 0 Å². The average molecular weight is 276 g/mol. The second-order valence-electron chi connectivity index (χ2n) is 5.41. The molecule has 0 bridgehead atoms. The summed E-state index contributed by atoms with van der Waals surface area (Å²) < 4.78 is 0. The minimum atomic E-state index is 0.00759. The summed E-state index contributed by atoms with van der Waals surface area (Å²) in [7, 11) is 0. The number of nitrogens with zero attached hydrogens (tertiary/aromatic N) is 2. The molecule has 110 valence electrons. The number of aliphatic hydroxyl groups excluding tert-OH is 1. The zero-order valence-electron chi connectivity index (χ0n) is 11.9. The van der Waals surface area contributed by atoms with Crippen LogP contribution < -0.4 is 5.73 Å². The normalized spacial score (nSPS) is 16.5. The standard InChI is InChI=1S/C15H24N4O/c16-15(17)14-12(5-4-8-18-14)11-19(9-10-20)13-6-2-1-3-7-13/h4-5,8,13,20H,1-3,6-7,9-11H2,(H3,16,17). The van der Waals surface area contributed by atoms with Crippen LogP contribution in [0.3, 0.4) is 0 Å². The second-order valence-corrected chi connectivity index (χ2v) is 5.41. The molecule has 0 saturated heterocycles. The molecule has 0 unspecified atom stereocenters. The summed E-state index contributed by atoms with van der Waals surface area (Å²) in [4.78, 5) is 6.51. The number of pyridine rings is 1. The SMILES string of the molecule is N=C(N)c1ncccc1CN(CCO)C1CCCCC1. The second kappa shape index (κ2) is 7.36. The van der Waals surface area contributed by atoms with Gasteiger partial charge in [0.1, 0.15) is 11.5 Å². The molecule has 1 aliphatic rings. The lowest BCUT2D eigenvalue weighted by Gasteiger charge is -2.34. The molecule has 4 N–H and O–H groups in total. The molecule has 0 atom stereocenters. The molecule has 0 spiro atoms. The largest absolute Gasteiger partial charge is 0.395 e. The Kier molecular flexibility index (Phi) is 5.49. The molecular formula is C15H24N4O. The van der Waals surface area contributed by atoms with Gasteiger partial charge in [-0.1, -0.05) is 25.3 Å². The smallest absolute Gasteiger partial charge is 0.142 e. The predicted molar refractivity (Wildman–Crippen MR) is 79.6 cm³/mol. The Balaban J connectivity index is 2.13. The molecule has 1 heterocycles. The number of nitrogen functional groups attached to an aromatic ring is 1. The summed E-state index contributed by atoms with van der Waals surface area (Å²) in [6.45, 7) is 1.52. The lowest BCUT2D eigenvalue weighted by atomic mass is 9.93. The molecule has 1 aromatic rings. The van der Waals surface area contributed by atoms with Gasteiger partial charge in [0.15, 0.2) is 0 Å². The van der Waals surface area contributed by atoms with Crippen molar-refractivity contribution >= 4 is 5.84 Å². The Morgan fingerprint density at radius 1 is 1.40 bits per heavy atom. The number of nitrogens with two attached hydrogens (primary N) is 1. The van der Waals surface area contributed by atoms with Crippen LogP contribution in [0.5, 0.6) is 0 Å². The summed E-state index contributed by atoms with van der Waals surface area (Å²) in [5.74, 6) is 0.00759. The monoisotopic (exact) mass is 276 g/mol. The Morgan fingerprint density at radius 2 is 2.15 bits per heavy atom. The van der Waals surface area contributed by atoms with Crippen molar-refractivity contribution in [2.75, 3.05) is 13.2 Å². The van der Waals surface area contributed by atoms with E-state index in [1.54, 1.807) is 6.20 Å². The van der Waals surface area contributed by atoms with Crippen molar-refractivity contribution in [1.82, 2.24) is 9.88 Å². The maximum atomic E-state index is 9.30. The minimum Gasteiger partial charge on any atom is -0.395 e. The first kappa shape index (κ1) is 14.9.